The summed E-state index contributed by atoms with van der Waals surface area (Å²) in [7, 11) is 0. The lowest BCUT2D eigenvalue weighted by molar-refractivity contribution is -0.385. The van der Waals surface area contributed by atoms with Crippen LogP contribution >= 0.6 is 15.9 Å². The average molecular weight is 453 g/mol. The summed E-state index contributed by atoms with van der Waals surface area (Å²) in [5.41, 5.74) is 1.88. The van der Waals surface area contributed by atoms with E-state index in [1.807, 2.05) is 61.5 Å². The highest BCUT2D eigenvalue weighted by molar-refractivity contribution is 9.10. The second kappa shape index (κ2) is 7.73. The van der Waals surface area contributed by atoms with E-state index < -0.39 is 10.6 Å². The number of hydrogen-bond donors (Lipinski definition) is 0. The molecule has 3 aromatic carbocycles. The molecule has 0 saturated heterocycles. The smallest absolute Gasteiger partial charge is 0.283 e. The van der Waals surface area contributed by atoms with E-state index >= 15 is 0 Å². The third-order valence-corrected chi connectivity index (χ3v) is 5.34. The van der Waals surface area contributed by atoms with Crippen LogP contribution in [0.2, 0.25) is 0 Å². The number of nitro benzene ring substituents is 1. The Labute approximate surface area is 175 Å². The third kappa shape index (κ3) is 3.20. The normalized spacial score (nSPS) is 13.3. The molecular formula is C21H17BrN4O3. The second-order valence-corrected chi connectivity index (χ2v) is 7.21. The molecule has 0 bridgehead atoms. The maximum atomic E-state index is 11.3. The Morgan fingerprint density at radius 3 is 2.48 bits per heavy atom. The van der Waals surface area contributed by atoms with Crippen LogP contribution in [0.4, 0.5) is 5.69 Å². The molecule has 146 valence electrons. The highest BCUT2D eigenvalue weighted by Gasteiger charge is 2.40. The van der Waals surface area contributed by atoms with Gasteiger partial charge in [0.1, 0.15) is 5.52 Å². The topological polar surface area (TPSA) is 83.1 Å². The number of ether oxygens (including phenoxy) is 1. The molecule has 29 heavy (non-hydrogen) atoms. The highest BCUT2D eigenvalue weighted by atomic mass is 79.9. The van der Waals surface area contributed by atoms with Crippen molar-refractivity contribution in [2.75, 3.05) is 6.61 Å². The minimum Gasteiger partial charge on any atom is -0.346 e. The van der Waals surface area contributed by atoms with Crippen molar-refractivity contribution in [3.63, 3.8) is 0 Å². The van der Waals surface area contributed by atoms with Crippen LogP contribution in [0, 0.1) is 10.1 Å². The summed E-state index contributed by atoms with van der Waals surface area (Å²) in [4.78, 5) is 10.9. The number of aromatic nitrogens is 3. The van der Waals surface area contributed by atoms with Crippen molar-refractivity contribution in [1.82, 2.24) is 15.0 Å². The molecule has 0 N–H and O–H groups in total. The molecule has 0 spiro atoms. The van der Waals surface area contributed by atoms with E-state index in [2.05, 4.69) is 26.2 Å². The van der Waals surface area contributed by atoms with Gasteiger partial charge < -0.3 is 4.74 Å². The zero-order valence-electron chi connectivity index (χ0n) is 15.5. The van der Waals surface area contributed by atoms with Gasteiger partial charge >= 0.3 is 0 Å². The molecule has 8 heteroatoms. The van der Waals surface area contributed by atoms with Crippen LogP contribution in [0.15, 0.2) is 77.3 Å². The molecule has 1 unspecified atom stereocenters. The lowest BCUT2D eigenvalue weighted by Crippen LogP contribution is -2.40. The van der Waals surface area contributed by atoms with Crippen molar-refractivity contribution in [1.29, 1.82) is 0 Å². The van der Waals surface area contributed by atoms with Gasteiger partial charge in [0.25, 0.3) is 5.69 Å². The molecule has 1 atom stereocenters. The van der Waals surface area contributed by atoms with Gasteiger partial charge in [0.15, 0.2) is 0 Å². The molecule has 0 radical (unpaired) electrons. The fourth-order valence-corrected chi connectivity index (χ4v) is 4.00. The maximum absolute atomic E-state index is 11.3. The standard InChI is InChI=1S/C21H17BrN4O3/c1-2-29-21(15-8-4-3-5-9-15,16-12-13-19(26(27)28)17(22)14-16)25-20-11-7-6-10-18(20)23-24-25/h3-14H,2H2,1H3. The number of fused-ring (bicyclic) bond motifs is 1. The van der Waals surface area contributed by atoms with Crippen LogP contribution in [-0.4, -0.2) is 26.5 Å². The van der Waals surface area contributed by atoms with Crippen molar-refractivity contribution >= 4 is 32.7 Å². The van der Waals surface area contributed by atoms with Crippen LogP contribution in [0.1, 0.15) is 18.1 Å². The average Bonchev–Trinajstić information content (AvgIpc) is 3.17. The van der Waals surface area contributed by atoms with E-state index in [9.17, 15) is 10.1 Å². The summed E-state index contributed by atoms with van der Waals surface area (Å²) < 4.78 is 8.48. The first-order valence-electron chi connectivity index (χ1n) is 9.02. The molecule has 0 saturated carbocycles. The number of para-hydroxylation sites is 1. The Morgan fingerprint density at radius 1 is 1.07 bits per heavy atom. The maximum Gasteiger partial charge on any atom is 0.283 e. The van der Waals surface area contributed by atoms with Crippen molar-refractivity contribution in [2.24, 2.45) is 0 Å². The number of nitrogens with zero attached hydrogens (tertiary/aromatic N) is 4. The number of halogens is 1. The Balaban J connectivity index is 2.06. The van der Waals surface area contributed by atoms with Crippen LogP contribution < -0.4 is 0 Å². The van der Waals surface area contributed by atoms with Gasteiger partial charge in [0.05, 0.1) is 14.9 Å². The van der Waals surface area contributed by atoms with Gasteiger partial charge in [-0.3, -0.25) is 10.1 Å². The Bertz CT molecular complexity index is 1180. The van der Waals surface area contributed by atoms with E-state index in [0.29, 0.717) is 16.6 Å². The fraction of sp³-hybridized carbons (Fsp3) is 0.143. The van der Waals surface area contributed by atoms with Crippen molar-refractivity contribution < 1.29 is 9.66 Å². The predicted octanol–water partition coefficient (Wildman–Crippen LogP) is 4.89. The SMILES string of the molecule is CCOC(c1ccccc1)(c1ccc([N+](=O)[O-])c(Br)c1)n1nnc2ccccc21. The van der Waals surface area contributed by atoms with E-state index in [4.69, 9.17) is 4.74 Å². The van der Waals surface area contributed by atoms with Crippen molar-refractivity contribution in [3.8, 4) is 0 Å². The van der Waals surface area contributed by atoms with Crippen LogP contribution in [-0.2, 0) is 10.5 Å². The van der Waals surface area contributed by atoms with E-state index in [1.54, 1.807) is 16.8 Å². The zero-order valence-corrected chi connectivity index (χ0v) is 17.1. The van der Waals surface area contributed by atoms with Crippen LogP contribution in [0.3, 0.4) is 0 Å². The summed E-state index contributed by atoms with van der Waals surface area (Å²) in [6, 6.07) is 22.1. The molecule has 0 aliphatic heterocycles. The molecule has 7 nitrogen and oxygen atoms in total. The van der Waals surface area contributed by atoms with Gasteiger partial charge in [0.2, 0.25) is 5.72 Å². The first kappa shape index (κ1) is 19.2. The molecule has 1 heterocycles. The fourth-order valence-electron chi connectivity index (χ4n) is 3.48. The first-order valence-corrected chi connectivity index (χ1v) is 9.82. The van der Waals surface area contributed by atoms with Gasteiger partial charge in [-0.1, -0.05) is 47.7 Å². The number of rotatable bonds is 6. The number of benzene rings is 3. The second-order valence-electron chi connectivity index (χ2n) is 6.36. The van der Waals surface area contributed by atoms with Crippen LogP contribution in [0.5, 0.6) is 0 Å². The van der Waals surface area contributed by atoms with Crippen molar-refractivity contribution in [3.05, 3.63) is 98.5 Å². The summed E-state index contributed by atoms with van der Waals surface area (Å²) in [6.45, 7) is 2.29. The Morgan fingerprint density at radius 2 is 1.79 bits per heavy atom. The minimum absolute atomic E-state index is 0.0179. The Hall–Kier alpha value is -3.10. The molecule has 4 aromatic rings. The van der Waals surface area contributed by atoms with Gasteiger partial charge in [-0.15, -0.1) is 5.10 Å². The summed E-state index contributed by atoms with van der Waals surface area (Å²) in [5.74, 6) is 0. The third-order valence-electron chi connectivity index (χ3n) is 4.70. The molecule has 0 aliphatic rings. The predicted molar refractivity (Wildman–Crippen MR) is 113 cm³/mol. The largest absolute Gasteiger partial charge is 0.346 e. The van der Waals surface area contributed by atoms with Gasteiger partial charge in [0, 0.05) is 23.8 Å². The van der Waals surface area contributed by atoms with E-state index in [0.717, 1.165) is 16.6 Å². The van der Waals surface area contributed by atoms with Gasteiger partial charge in [-0.25, -0.2) is 4.68 Å². The van der Waals surface area contributed by atoms with Crippen molar-refractivity contribution in [2.45, 2.75) is 12.6 Å². The molecule has 1 aromatic heterocycles. The number of hydrogen-bond acceptors (Lipinski definition) is 5. The minimum atomic E-state index is -1.15. The highest BCUT2D eigenvalue weighted by Crippen LogP contribution is 2.39. The van der Waals surface area contributed by atoms with Crippen LogP contribution in [0.25, 0.3) is 11.0 Å². The lowest BCUT2D eigenvalue weighted by Gasteiger charge is -2.35. The van der Waals surface area contributed by atoms with Gasteiger partial charge in [-0.05, 0) is 47.1 Å². The lowest BCUT2D eigenvalue weighted by atomic mass is 9.93. The molecule has 0 aliphatic carbocycles. The summed E-state index contributed by atoms with van der Waals surface area (Å²) in [6.07, 6.45) is 0. The molecular weight excluding hydrogens is 436 g/mol. The number of nitro groups is 1. The van der Waals surface area contributed by atoms with E-state index in [-0.39, 0.29) is 5.69 Å². The molecule has 0 fully saturated rings. The quantitative estimate of drug-likeness (QED) is 0.307. The Kier molecular flexibility index (Phi) is 5.12. The van der Waals surface area contributed by atoms with Gasteiger partial charge in [-0.2, -0.15) is 0 Å². The summed E-state index contributed by atoms with van der Waals surface area (Å²) in [5, 5.41) is 20.0. The van der Waals surface area contributed by atoms with E-state index in [1.165, 1.54) is 6.07 Å². The monoisotopic (exact) mass is 452 g/mol. The molecule has 4 rings (SSSR count). The zero-order chi connectivity index (χ0) is 20.4. The summed E-state index contributed by atoms with van der Waals surface area (Å²) >= 11 is 3.33. The molecule has 0 amide bonds. The first-order chi connectivity index (χ1) is 14.1.